The molecule has 0 aliphatic carbocycles. The van der Waals surface area contributed by atoms with Gasteiger partial charge >= 0.3 is 0 Å². The van der Waals surface area contributed by atoms with E-state index >= 15 is 0 Å². The number of rotatable bonds is 1. The molecule has 2 aromatic rings. The molecule has 0 fully saturated rings. The van der Waals surface area contributed by atoms with E-state index in [1.54, 1.807) is 12.1 Å². The highest BCUT2D eigenvalue weighted by Crippen LogP contribution is 2.30. The predicted octanol–water partition coefficient (Wildman–Crippen LogP) is 2.23. The Morgan fingerprint density at radius 3 is 2.00 bits per heavy atom. The zero-order valence-electron chi connectivity index (χ0n) is 10.3. The highest BCUT2D eigenvalue weighted by molar-refractivity contribution is 5.79. The molecule has 0 saturated heterocycles. The molecule has 0 saturated carbocycles. The molecule has 4 N–H and O–H groups in total. The molecule has 0 amide bonds. The third kappa shape index (κ3) is 2.06. The zero-order chi connectivity index (χ0) is 12.6. The minimum absolute atomic E-state index is 0.643. The molecule has 0 spiro atoms. The van der Waals surface area contributed by atoms with E-state index in [2.05, 4.69) is 9.97 Å². The SMILES string of the molecule is Cc1cc(C)nc(-c2c(N)ccc(N)c2C)n1. The summed E-state index contributed by atoms with van der Waals surface area (Å²) in [6.45, 7) is 5.81. The summed E-state index contributed by atoms with van der Waals surface area (Å²) in [6.07, 6.45) is 0. The van der Waals surface area contributed by atoms with E-state index in [0.29, 0.717) is 17.2 Å². The topological polar surface area (TPSA) is 77.8 Å². The van der Waals surface area contributed by atoms with Gasteiger partial charge in [-0.2, -0.15) is 0 Å². The van der Waals surface area contributed by atoms with Crippen LogP contribution in [0, 0.1) is 20.8 Å². The number of nitrogen functional groups attached to an aromatic ring is 2. The van der Waals surface area contributed by atoms with Gasteiger partial charge in [0.15, 0.2) is 5.82 Å². The maximum absolute atomic E-state index is 5.99. The average Bonchev–Trinajstić information content (AvgIpc) is 2.23. The van der Waals surface area contributed by atoms with Crippen molar-refractivity contribution in [2.75, 3.05) is 11.5 Å². The quantitative estimate of drug-likeness (QED) is 0.734. The van der Waals surface area contributed by atoms with E-state index < -0.39 is 0 Å². The smallest absolute Gasteiger partial charge is 0.162 e. The molecule has 2 rings (SSSR count). The van der Waals surface area contributed by atoms with Gasteiger partial charge in [-0.05, 0) is 44.5 Å². The van der Waals surface area contributed by atoms with Crippen molar-refractivity contribution in [3.05, 3.63) is 35.2 Å². The molecule has 0 radical (unpaired) electrons. The highest BCUT2D eigenvalue weighted by Gasteiger charge is 2.12. The van der Waals surface area contributed by atoms with Gasteiger partial charge < -0.3 is 11.5 Å². The molecule has 88 valence electrons. The minimum Gasteiger partial charge on any atom is -0.398 e. The fourth-order valence-electron chi connectivity index (χ4n) is 1.88. The lowest BCUT2D eigenvalue weighted by molar-refractivity contribution is 1.06. The predicted molar refractivity (Wildman–Crippen MR) is 70.5 cm³/mol. The van der Waals surface area contributed by atoms with Crippen molar-refractivity contribution in [3.63, 3.8) is 0 Å². The first kappa shape index (κ1) is 11.4. The first-order valence-corrected chi connectivity index (χ1v) is 5.46. The van der Waals surface area contributed by atoms with Gasteiger partial charge in [-0.3, -0.25) is 0 Å². The maximum atomic E-state index is 5.99. The number of hydrogen-bond donors (Lipinski definition) is 2. The van der Waals surface area contributed by atoms with Crippen LogP contribution in [0.15, 0.2) is 18.2 Å². The molecule has 0 atom stereocenters. The molecular formula is C13H16N4. The number of benzene rings is 1. The van der Waals surface area contributed by atoms with Crippen LogP contribution in [0.5, 0.6) is 0 Å². The normalized spacial score (nSPS) is 10.5. The molecule has 17 heavy (non-hydrogen) atoms. The van der Waals surface area contributed by atoms with E-state index in [9.17, 15) is 0 Å². The van der Waals surface area contributed by atoms with Crippen LogP contribution in [0.1, 0.15) is 17.0 Å². The van der Waals surface area contributed by atoms with E-state index in [1.165, 1.54) is 0 Å². The lowest BCUT2D eigenvalue weighted by Gasteiger charge is -2.11. The van der Waals surface area contributed by atoms with Crippen molar-refractivity contribution in [1.29, 1.82) is 0 Å². The largest absolute Gasteiger partial charge is 0.398 e. The zero-order valence-corrected chi connectivity index (χ0v) is 10.3. The van der Waals surface area contributed by atoms with Crippen LogP contribution in [-0.2, 0) is 0 Å². The summed E-state index contributed by atoms with van der Waals surface area (Å²) < 4.78 is 0. The first-order chi connectivity index (χ1) is 7.99. The summed E-state index contributed by atoms with van der Waals surface area (Å²) in [7, 11) is 0. The van der Waals surface area contributed by atoms with Crippen LogP contribution in [-0.4, -0.2) is 9.97 Å². The third-order valence-corrected chi connectivity index (χ3v) is 2.75. The second kappa shape index (κ2) is 4.05. The van der Waals surface area contributed by atoms with Crippen molar-refractivity contribution >= 4 is 11.4 Å². The van der Waals surface area contributed by atoms with Crippen molar-refractivity contribution in [2.24, 2.45) is 0 Å². The van der Waals surface area contributed by atoms with Crippen LogP contribution >= 0.6 is 0 Å². The lowest BCUT2D eigenvalue weighted by Crippen LogP contribution is -2.02. The molecule has 0 aliphatic heterocycles. The van der Waals surface area contributed by atoms with E-state index in [-0.39, 0.29) is 0 Å². The number of nitrogens with two attached hydrogens (primary N) is 2. The molecule has 0 aliphatic rings. The molecule has 1 aromatic carbocycles. The number of anilines is 2. The first-order valence-electron chi connectivity index (χ1n) is 5.46. The van der Waals surface area contributed by atoms with E-state index in [1.807, 2.05) is 26.8 Å². The summed E-state index contributed by atoms with van der Waals surface area (Å²) in [4.78, 5) is 8.84. The van der Waals surface area contributed by atoms with Crippen LogP contribution in [0.3, 0.4) is 0 Å². The Bertz CT molecular complexity index is 556. The van der Waals surface area contributed by atoms with Crippen LogP contribution in [0.2, 0.25) is 0 Å². The van der Waals surface area contributed by atoms with Crippen molar-refractivity contribution in [1.82, 2.24) is 9.97 Å². The van der Waals surface area contributed by atoms with Gasteiger partial charge in [0.05, 0.1) is 0 Å². The Balaban J connectivity index is 2.72. The Hall–Kier alpha value is -2.10. The second-order valence-electron chi connectivity index (χ2n) is 4.22. The van der Waals surface area contributed by atoms with Crippen molar-refractivity contribution in [3.8, 4) is 11.4 Å². The number of hydrogen-bond acceptors (Lipinski definition) is 4. The number of aromatic nitrogens is 2. The van der Waals surface area contributed by atoms with Gasteiger partial charge in [-0.25, -0.2) is 9.97 Å². The molecule has 4 nitrogen and oxygen atoms in total. The molecule has 1 aromatic heterocycles. The maximum Gasteiger partial charge on any atom is 0.162 e. The van der Waals surface area contributed by atoms with Crippen molar-refractivity contribution < 1.29 is 0 Å². The Kier molecular flexibility index (Phi) is 2.71. The summed E-state index contributed by atoms with van der Waals surface area (Å²) in [5.74, 6) is 0.643. The summed E-state index contributed by atoms with van der Waals surface area (Å²) in [5, 5.41) is 0. The third-order valence-electron chi connectivity index (χ3n) is 2.75. The molecule has 4 heteroatoms. The van der Waals surface area contributed by atoms with Crippen LogP contribution < -0.4 is 11.5 Å². The molecular weight excluding hydrogens is 212 g/mol. The van der Waals surface area contributed by atoms with Gasteiger partial charge in [0.2, 0.25) is 0 Å². The lowest BCUT2D eigenvalue weighted by atomic mass is 10.0. The Morgan fingerprint density at radius 2 is 1.41 bits per heavy atom. The summed E-state index contributed by atoms with van der Waals surface area (Å²) in [6, 6.07) is 5.52. The van der Waals surface area contributed by atoms with Gasteiger partial charge in [0, 0.05) is 28.3 Å². The average molecular weight is 228 g/mol. The fraction of sp³-hybridized carbons (Fsp3) is 0.231. The van der Waals surface area contributed by atoms with Crippen molar-refractivity contribution in [2.45, 2.75) is 20.8 Å². The molecule has 0 unspecified atom stereocenters. The summed E-state index contributed by atoms with van der Waals surface area (Å²) in [5.41, 5.74) is 16.8. The number of nitrogens with zero attached hydrogens (tertiary/aromatic N) is 2. The van der Waals surface area contributed by atoms with Crippen LogP contribution in [0.25, 0.3) is 11.4 Å². The fourth-order valence-corrected chi connectivity index (χ4v) is 1.88. The Labute approximate surface area is 101 Å². The monoisotopic (exact) mass is 228 g/mol. The summed E-state index contributed by atoms with van der Waals surface area (Å²) >= 11 is 0. The van der Waals surface area contributed by atoms with E-state index in [0.717, 1.165) is 22.5 Å². The minimum atomic E-state index is 0.643. The Morgan fingerprint density at radius 1 is 0.882 bits per heavy atom. The van der Waals surface area contributed by atoms with Gasteiger partial charge in [-0.1, -0.05) is 0 Å². The van der Waals surface area contributed by atoms with Gasteiger partial charge in [-0.15, -0.1) is 0 Å². The van der Waals surface area contributed by atoms with Gasteiger partial charge in [0.1, 0.15) is 0 Å². The van der Waals surface area contributed by atoms with Gasteiger partial charge in [0.25, 0.3) is 0 Å². The van der Waals surface area contributed by atoms with E-state index in [4.69, 9.17) is 11.5 Å². The number of aryl methyl sites for hydroxylation is 2. The molecule has 0 bridgehead atoms. The second-order valence-corrected chi connectivity index (χ2v) is 4.22. The molecule has 1 heterocycles. The highest BCUT2D eigenvalue weighted by atomic mass is 14.9. The standard InChI is InChI=1S/C13H16N4/c1-7-6-8(2)17-13(16-7)12-9(3)10(14)4-5-11(12)15/h4-6H,14-15H2,1-3H3. The van der Waals surface area contributed by atoms with Crippen LogP contribution in [0.4, 0.5) is 11.4 Å².